The Labute approximate surface area is 108 Å². The standard InChI is InChI=1S/C11H14BrNO2S/c1-2-15-11(14)13-5-3-8-9(12)7-16-10(8)4-6-13/h7H,2-6H2,1H3. The second kappa shape index (κ2) is 5.19. The molecule has 88 valence electrons. The summed E-state index contributed by atoms with van der Waals surface area (Å²) in [4.78, 5) is 14.8. The largest absolute Gasteiger partial charge is 0.450 e. The monoisotopic (exact) mass is 303 g/mol. The van der Waals surface area contributed by atoms with Gasteiger partial charge in [-0.25, -0.2) is 4.79 Å². The van der Waals surface area contributed by atoms with Crippen molar-refractivity contribution in [3.8, 4) is 0 Å². The first kappa shape index (κ1) is 11.9. The van der Waals surface area contributed by atoms with Crippen molar-refractivity contribution in [2.45, 2.75) is 19.8 Å². The van der Waals surface area contributed by atoms with Gasteiger partial charge in [0, 0.05) is 27.8 Å². The molecule has 0 aromatic carbocycles. The number of rotatable bonds is 1. The molecule has 1 aromatic rings. The van der Waals surface area contributed by atoms with Gasteiger partial charge in [-0.1, -0.05) is 0 Å². The van der Waals surface area contributed by atoms with Crippen LogP contribution in [0.25, 0.3) is 0 Å². The van der Waals surface area contributed by atoms with Gasteiger partial charge < -0.3 is 9.64 Å². The van der Waals surface area contributed by atoms with Crippen LogP contribution < -0.4 is 0 Å². The van der Waals surface area contributed by atoms with Gasteiger partial charge in [0.15, 0.2) is 0 Å². The summed E-state index contributed by atoms with van der Waals surface area (Å²) in [6, 6.07) is 0. The molecule has 0 saturated heterocycles. The van der Waals surface area contributed by atoms with Crippen molar-refractivity contribution in [3.63, 3.8) is 0 Å². The highest BCUT2D eigenvalue weighted by molar-refractivity contribution is 9.10. The minimum Gasteiger partial charge on any atom is -0.450 e. The summed E-state index contributed by atoms with van der Waals surface area (Å²) in [5.41, 5.74) is 1.36. The lowest BCUT2D eigenvalue weighted by Crippen LogP contribution is -2.33. The number of fused-ring (bicyclic) bond motifs is 1. The van der Waals surface area contributed by atoms with Crippen molar-refractivity contribution in [2.24, 2.45) is 0 Å². The Hall–Kier alpha value is -0.550. The molecule has 2 heterocycles. The van der Waals surface area contributed by atoms with Crippen LogP contribution in [0.5, 0.6) is 0 Å². The molecule has 5 heteroatoms. The zero-order valence-electron chi connectivity index (χ0n) is 9.16. The number of hydrogen-bond donors (Lipinski definition) is 0. The summed E-state index contributed by atoms with van der Waals surface area (Å²) in [7, 11) is 0. The maximum Gasteiger partial charge on any atom is 0.409 e. The van der Waals surface area contributed by atoms with Crippen LogP contribution in [-0.4, -0.2) is 30.7 Å². The molecule has 3 nitrogen and oxygen atoms in total. The van der Waals surface area contributed by atoms with Crippen LogP contribution in [0.15, 0.2) is 9.85 Å². The summed E-state index contributed by atoms with van der Waals surface area (Å²) >= 11 is 5.32. The quantitative estimate of drug-likeness (QED) is 0.798. The van der Waals surface area contributed by atoms with Crippen LogP contribution in [-0.2, 0) is 17.6 Å². The zero-order valence-corrected chi connectivity index (χ0v) is 11.6. The molecule has 1 amide bonds. The van der Waals surface area contributed by atoms with Crippen LogP contribution in [0.1, 0.15) is 17.4 Å². The lowest BCUT2D eigenvalue weighted by molar-refractivity contribution is 0.109. The summed E-state index contributed by atoms with van der Waals surface area (Å²) in [5.74, 6) is 0. The van der Waals surface area contributed by atoms with Gasteiger partial charge in [-0.15, -0.1) is 11.3 Å². The molecule has 2 rings (SSSR count). The van der Waals surface area contributed by atoms with Crippen molar-refractivity contribution < 1.29 is 9.53 Å². The average Bonchev–Trinajstić information content (AvgIpc) is 2.51. The van der Waals surface area contributed by atoms with Gasteiger partial charge in [0.2, 0.25) is 0 Å². The van der Waals surface area contributed by atoms with Crippen LogP contribution in [0.4, 0.5) is 4.79 Å². The van der Waals surface area contributed by atoms with Gasteiger partial charge >= 0.3 is 6.09 Å². The molecular weight excluding hydrogens is 290 g/mol. The Kier molecular flexibility index (Phi) is 3.86. The lowest BCUT2D eigenvalue weighted by atomic mass is 10.2. The first-order chi connectivity index (χ1) is 7.72. The van der Waals surface area contributed by atoms with E-state index in [9.17, 15) is 4.79 Å². The molecule has 1 aliphatic rings. The topological polar surface area (TPSA) is 29.5 Å². The maximum absolute atomic E-state index is 11.6. The predicted molar refractivity (Wildman–Crippen MR) is 68.0 cm³/mol. The molecule has 1 aliphatic heterocycles. The SMILES string of the molecule is CCOC(=O)N1CCc2scc(Br)c2CC1. The molecule has 0 bridgehead atoms. The van der Waals surface area contributed by atoms with Gasteiger partial charge in [-0.05, 0) is 41.3 Å². The molecule has 0 saturated carbocycles. The minimum atomic E-state index is -0.186. The molecule has 0 atom stereocenters. The van der Waals surface area contributed by atoms with Crippen molar-refractivity contribution in [2.75, 3.05) is 19.7 Å². The van der Waals surface area contributed by atoms with Crippen LogP contribution in [0.2, 0.25) is 0 Å². The number of hydrogen-bond acceptors (Lipinski definition) is 3. The Morgan fingerprint density at radius 1 is 1.56 bits per heavy atom. The second-order valence-corrected chi connectivity index (χ2v) is 5.49. The van der Waals surface area contributed by atoms with E-state index < -0.39 is 0 Å². The summed E-state index contributed by atoms with van der Waals surface area (Å²) < 4.78 is 6.20. The third kappa shape index (κ3) is 2.40. The maximum atomic E-state index is 11.6. The normalized spacial score (nSPS) is 15.5. The minimum absolute atomic E-state index is 0.186. The first-order valence-corrected chi connectivity index (χ1v) is 7.06. The second-order valence-electron chi connectivity index (χ2n) is 3.67. The zero-order chi connectivity index (χ0) is 11.5. The molecule has 0 fully saturated rings. The molecule has 16 heavy (non-hydrogen) atoms. The Bertz CT molecular complexity index is 391. The van der Waals surface area contributed by atoms with Crippen molar-refractivity contribution in [1.82, 2.24) is 4.90 Å². The summed E-state index contributed by atoms with van der Waals surface area (Å²) in [6.45, 7) is 3.80. The van der Waals surface area contributed by atoms with E-state index in [0.29, 0.717) is 6.61 Å². The van der Waals surface area contributed by atoms with E-state index in [4.69, 9.17) is 4.74 Å². The number of carbonyl (C=O) groups is 1. The van der Waals surface area contributed by atoms with Gasteiger partial charge in [0.25, 0.3) is 0 Å². The van der Waals surface area contributed by atoms with Gasteiger partial charge in [0.1, 0.15) is 0 Å². The van der Waals surface area contributed by atoms with Crippen molar-refractivity contribution >= 4 is 33.4 Å². The van der Waals surface area contributed by atoms with E-state index in [1.54, 1.807) is 16.2 Å². The van der Waals surface area contributed by atoms with E-state index in [2.05, 4.69) is 21.3 Å². The number of halogens is 1. The van der Waals surface area contributed by atoms with Gasteiger partial charge in [0.05, 0.1) is 6.61 Å². The average molecular weight is 304 g/mol. The number of thiophene rings is 1. The molecule has 0 unspecified atom stereocenters. The fourth-order valence-corrected chi connectivity index (χ4v) is 3.66. The van der Waals surface area contributed by atoms with E-state index in [1.807, 2.05) is 6.92 Å². The Balaban J connectivity index is 2.05. The highest BCUT2D eigenvalue weighted by atomic mass is 79.9. The molecule has 0 N–H and O–H groups in total. The van der Waals surface area contributed by atoms with Gasteiger partial charge in [-0.2, -0.15) is 0 Å². The smallest absolute Gasteiger partial charge is 0.409 e. The molecule has 0 aliphatic carbocycles. The predicted octanol–water partition coefficient (Wildman–Crippen LogP) is 3.07. The van der Waals surface area contributed by atoms with Crippen LogP contribution >= 0.6 is 27.3 Å². The number of carbonyl (C=O) groups excluding carboxylic acids is 1. The number of nitrogens with zero attached hydrogens (tertiary/aromatic N) is 1. The van der Waals surface area contributed by atoms with Crippen molar-refractivity contribution in [1.29, 1.82) is 0 Å². The van der Waals surface area contributed by atoms with Crippen LogP contribution in [0.3, 0.4) is 0 Å². The fraction of sp³-hybridized carbons (Fsp3) is 0.545. The van der Waals surface area contributed by atoms with E-state index in [-0.39, 0.29) is 6.09 Å². The molecule has 1 aromatic heterocycles. The number of amides is 1. The lowest BCUT2D eigenvalue weighted by Gasteiger charge is -2.19. The highest BCUT2D eigenvalue weighted by Gasteiger charge is 2.21. The Morgan fingerprint density at radius 2 is 2.31 bits per heavy atom. The van der Waals surface area contributed by atoms with Crippen molar-refractivity contribution in [3.05, 3.63) is 20.3 Å². The summed E-state index contributed by atoms with van der Waals surface area (Å²) in [5, 5.41) is 2.13. The first-order valence-electron chi connectivity index (χ1n) is 5.38. The summed E-state index contributed by atoms with van der Waals surface area (Å²) in [6.07, 6.45) is 1.66. The van der Waals surface area contributed by atoms with Crippen LogP contribution in [0, 0.1) is 0 Å². The van der Waals surface area contributed by atoms with E-state index in [0.717, 1.165) is 25.9 Å². The molecule has 0 spiro atoms. The molecular formula is C11H14BrNO2S. The molecule has 0 radical (unpaired) electrons. The van der Waals surface area contributed by atoms with E-state index >= 15 is 0 Å². The van der Waals surface area contributed by atoms with E-state index in [1.165, 1.54) is 14.9 Å². The fourth-order valence-electron chi connectivity index (χ4n) is 1.86. The highest BCUT2D eigenvalue weighted by Crippen LogP contribution is 2.30. The Morgan fingerprint density at radius 3 is 3.06 bits per heavy atom. The number of ether oxygens (including phenoxy) is 1. The third-order valence-corrected chi connectivity index (χ3v) is 4.80. The third-order valence-electron chi connectivity index (χ3n) is 2.70. The van der Waals surface area contributed by atoms with Gasteiger partial charge in [-0.3, -0.25) is 0 Å².